The first kappa shape index (κ1) is 20.2. The number of fused-ring (bicyclic) bond motifs is 1. The molecule has 0 aliphatic heterocycles. The van der Waals surface area contributed by atoms with E-state index in [-0.39, 0.29) is 24.3 Å². The number of nitrogens with two attached hydrogens (primary N) is 1. The summed E-state index contributed by atoms with van der Waals surface area (Å²) in [7, 11) is 0. The Hall–Kier alpha value is -2.10. The van der Waals surface area contributed by atoms with Crippen molar-refractivity contribution in [3.05, 3.63) is 66.1 Å². The van der Waals surface area contributed by atoms with E-state index >= 15 is 0 Å². The number of hydrogen-bond donors (Lipinski definition) is 1. The lowest BCUT2D eigenvalue weighted by molar-refractivity contribution is 0.618. The highest BCUT2D eigenvalue weighted by atomic mass is 35.5. The molecular weight excluding hydrogens is 347 g/mol. The molecule has 26 heavy (non-hydrogen) atoms. The Morgan fingerprint density at radius 2 is 1.69 bits per heavy atom. The number of para-hydroxylation sites is 1. The Labute approximate surface area is 160 Å². The van der Waals surface area contributed by atoms with Crippen LogP contribution in [0.1, 0.15) is 38.9 Å². The summed E-state index contributed by atoms with van der Waals surface area (Å²) >= 11 is 0. The molecule has 1 atom stereocenters. The molecule has 2 aromatic carbocycles. The van der Waals surface area contributed by atoms with Crippen molar-refractivity contribution >= 4 is 29.4 Å². The Bertz CT molecular complexity index is 892. The third-order valence-electron chi connectivity index (χ3n) is 4.38. The molecule has 4 heteroatoms. The van der Waals surface area contributed by atoms with E-state index in [1.165, 1.54) is 23.0 Å². The molecule has 0 spiro atoms. The molecule has 1 unspecified atom stereocenters. The van der Waals surface area contributed by atoms with Gasteiger partial charge in [-0.2, -0.15) is 0 Å². The molecule has 2 N–H and O–H groups in total. The Balaban J connectivity index is 0.00000243. The van der Waals surface area contributed by atoms with Crippen molar-refractivity contribution < 1.29 is 4.39 Å². The first-order chi connectivity index (χ1) is 12.0. The zero-order valence-corrected chi connectivity index (χ0v) is 16.3. The van der Waals surface area contributed by atoms with Gasteiger partial charge in [0.1, 0.15) is 5.82 Å². The lowest BCUT2D eigenvalue weighted by atomic mass is 10.0. The molecule has 0 saturated carbocycles. The summed E-state index contributed by atoms with van der Waals surface area (Å²) in [5, 5.41) is 1.18. The van der Waals surface area contributed by atoms with Gasteiger partial charge in [0.2, 0.25) is 0 Å². The molecule has 1 aromatic heterocycles. The maximum atomic E-state index is 13.4. The number of nitrogens with zero attached hydrogens (tertiary/aromatic N) is 1. The van der Waals surface area contributed by atoms with Gasteiger partial charge >= 0.3 is 0 Å². The second-order valence-electron chi connectivity index (χ2n) is 6.86. The van der Waals surface area contributed by atoms with E-state index in [1.807, 2.05) is 19.1 Å². The van der Waals surface area contributed by atoms with Crippen LogP contribution >= 0.6 is 12.4 Å². The van der Waals surface area contributed by atoms with Crippen LogP contribution in [0.15, 0.2) is 54.6 Å². The summed E-state index contributed by atoms with van der Waals surface area (Å²) in [4.78, 5) is 0. The van der Waals surface area contributed by atoms with E-state index in [2.05, 4.69) is 54.8 Å². The first-order valence-corrected chi connectivity index (χ1v) is 8.80. The third-order valence-corrected chi connectivity index (χ3v) is 4.38. The summed E-state index contributed by atoms with van der Waals surface area (Å²) in [6, 6.07) is 15.6. The van der Waals surface area contributed by atoms with Crippen molar-refractivity contribution in [3.63, 3.8) is 0 Å². The smallest absolute Gasteiger partial charge is 0.123 e. The number of hydrogen-bond acceptors (Lipinski definition) is 1. The number of rotatable bonds is 5. The molecule has 3 rings (SSSR count). The number of benzene rings is 2. The average molecular weight is 373 g/mol. The van der Waals surface area contributed by atoms with Gasteiger partial charge < -0.3 is 10.3 Å². The molecule has 0 radical (unpaired) electrons. The minimum Gasteiger partial charge on any atom is -0.338 e. The van der Waals surface area contributed by atoms with Crippen LogP contribution in [0.3, 0.4) is 0 Å². The molecule has 0 fully saturated rings. The minimum absolute atomic E-state index is 0. The van der Waals surface area contributed by atoms with Gasteiger partial charge in [-0.05, 0) is 57.0 Å². The fourth-order valence-electron chi connectivity index (χ4n) is 3.32. The maximum Gasteiger partial charge on any atom is 0.123 e. The topological polar surface area (TPSA) is 30.9 Å². The molecule has 2 nitrogen and oxygen atoms in total. The van der Waals surface area contributed by atoms with Gasteiger partial charge in [-0.25, -0.2) is 4.39 Å². The van der Waals surface area contributed by atoms with Crippen LogP contribution in [0.2, 0.25) is 0 Å². The summed E-state index contributed by atoms with van der Waals surface area (Å²) in [6.45, 7) is 6.37. The van der Waals surface area contributed by atoms with Gasteiger partial charge in [-0.3, -0.25) is 0 Å². The zero-order chi connectivity index (χ0) is 18.0. The number of aromatic nitrogens is 1. The van der Waals surface area contributed by atoms with Gasteiger partial charge in [0.05, 0.1) is 0 Å². The molecule has 0 aliphatic carbocycles. The quantitative estimate of drug-likeness (QED) is 0.567. The van der Waals surface area contributed by atoms with Crippen molar-refractivity contribution in [1.29, 1.82) is 0 Å². The number of halogens is 2. The maximum absolute atomic E-state index is 13.4. The molecule has 1 heterocycles. The summed E-state index contributed by atoms with van der Waals surface area (Å²) in [6.07, 6.45) is 5.11. The monoisotopic (exact) mass is 372 g/mol. The Kier molecular flexibility index (Phi) is 6.63. The van der Waals surface area contributed by atoms with Crippen LogP contribution in [0.25, 0.3) is 28.1 Å². The van der Waals surface area contributed by atoms with Crippen molar-refractivity contribution in [3.8, 4) is 11.1 Å². The third kappa shape index (κ3) is 4.00. The molecular formula is C22H26ClFN2. The molecule has 0 aliphatic rings. The predicted octanol–water partition coefficient (Wildman–Crippen LogP) is 6.20. The van der Waals surface area contributed by atoms with E-state index in [0.717, 1.165) is 23.2 Å². The van der Waals surface area contributed by atoms with Gasteiger partial charge in [-0.15, -0.1) is 12.4 Å². The van der Waals surface area contributed by atoms with Gasteiger partial charge in [0, 0.05) is 34.2 Å². The first-order valence-electron chi connectivity index (χ1n) is 8.80. The second-order valence-corrected chi connectivity index (χ2v) is 6.86. The molecule has 3 aromatic rings. The highest BCUT2D eigenvalue weighted by Crippen LogP contribution is 2.37. The van der Waals surface area contributed by atoms with E-state index in [9.17, 15) is 4.39 Å². The van der Waals surface area contributed by atoms with Gasteiger partial charge in [0.15, 0.2) is 0 Å². The van der Waals surface area contributed by atoms with Gasteiger partial charge in [0.25, 0.3) is 0 Å². The average Bonchev–Trinajstić information content (AvgIpc) is 2.89. The zero-order valence-electron chi connectivity index (χ0n) is 15.4. The summed E-state index contributed by atoms with van der Waals surface area (Å²) in [5.74, 6) is -0.217. The largest absolute Gasteiger partial charge is 0.338 e. The van der Waals surface area contributed by atoms with E-state index in [1.54, 1.807) is 0 Å². The lowest BCUT2D eigenvalue weighted by Crippen LogP contribution is -2.12. The van der Waals surface area contributed by atoms with Crippen LogP contribution in [0.4, 0.5) is 4.39 Å². The fourth-order valence-corrected chi connectivity index (χ4v) is 3.32. The van der Waals surface area contributed by atoms with Crippen molar-refractivity contribution in [2.24, 2.45) is 5.73 Å². The van der Waals surface area contributed by atoms with Crippen LogP contribution < -0.4 is 5.73 Å². The Morgan fingerprint density at radius 3 is 2.31 bits per heavy atom. The SMILES string of the molecule is CC(N)C/C=C/c1c(-c2ccc(F)cc2)c2ccccc2n1C(C)C.Cl. The molecule has 0 saturated heterocycles. The molecule has 0 bridgehead atoms. The summed E-state index contributed by atoms with van der Waals surface area (Å²) < 4.78 is 15.7. The van der Waals surface area contributed by atoms with Crippen molar-refractivity contribution in [2.45, 2.75) is 39.3 Å². The van der Waals surface area contributed by atoms with Crippen molar-refractivity contribution in [2.75, 3.05) is 0 Å². The van der Waals surface area contributed by atoms with Crippen LogP contribution in [0, 0.1) is 5.82 Å². The lowest BCUT2D eigenvalue weighted by Gasteiger charge is -2.14. The van der Waals surface area contributed by atoms with Crippen LogP contribution in [-0.4, -0.2) is 10.6 Å². The highest BCUT2D eigenvalue weighted by molar-refractivity contribution is 6.01. The van der Waals surface area contributed by atoms with Crippen LogP contribution in [0.5, 0.6) is 0 Å². The second kappa shape index (κ2) is 8.52. The molecule has 0 amide bonds. The predicted molar refractivity (Wildman–Crippen MR) is 112 cm³/mol. The van der Waals surface area contributed by atoms with Gasteiger partial charge in [-0.1, -0.05) is 36.4 Å². The minimum atomic E-state index is -0.217. The van der Waals surface area contributed by atoms with Crippen molar-refractivity contribution in [1.82, 2.24) is 4.57 Å². The normalized spacial score (nSPS) is 12.7. The van der Waals surface area contributed by atoms with E-state index in [0.29, 0.717) is 6.04 Å². The van der Waals surface area contributed by atoms with E-state index < -0.39 is 0 Å². The van der Waals surface area contributed by atoms with Crippen LogP contribution in [-0.2, 0) is 0 Å². The highest BCUT2D eigenvalue weighted by Gasteiger charge is 2.18. The van der Waals surface area contributed by atoms with E-state index in [4.69, 9.17) is 5.73 Å². The molecule has 138 valence electrons. The standard InChI is InChI=1S/C22H25FN2.ClH/c1-15(2)25-20-9-5-4-8-19(20)22(17-11-13-18(23)14-12-17)21(25)10-6-7-16(3)24;/h4-6,8-16H,7,24H2,1-3H3;1H/b10-6+;. The summed E-state index contributed by atoms with van der Waals surface area (Å²) in [5.41, 5.74) is 10.4. The Morgan fingerprint density at radius 1 is 1.04 bits per heavy atom. The fraction of sp³-hybridized carbons (Fsp3) is 0.273.